The van der Waals surface area contributed by atoms with Crippen molar-refractivity contribution in [1.82, 2.24) is 0 Å². The molecule has 1 rings (SSSR count). The number of rotatable bonds is 0. The molecule has 3 nitrogen and oxygen atoms in total. The van der Waals surface area contributed by atoms with Gasteiger partial charge >= 0.3 is 29.6 Å². The third kappa shape index (κ3) is 5.75. The maximum absolute atomic E-state index is 12.0. The molecular weight excluding hydrogens is 270 g/mol. The van der Waals surface area contributed by atoms with Crippen LogP contribution < -0.4 is 29.6 Å². The molecule has 0 saturated heterocycles. The number of halogens is 5. The van der Waals surface area contributed by atoms with Gasteiger partial charge in [-0.05, 0) is 0 Å². The van der Waals surface area contributed by atoms with Crippen LogP contribution in [0.5, 0.6) is 0 Å². The van der Waals surface area contributed by atoms with Crippen LogP contribution in [0.3, 0.4) is 0 Å². The van der Waals surface area contributed by atoms with Crippen LogP contribution in [0.4, 0.5) is 22.0 Å². The average molecular weight is 272 g/mol. The standard InChI is InChI=1S/C6HF5.Na.HO3S/c7-2-1-3(8)5(10)6(11)4(2)9;;1-4(2)3/h1H;;(H,1,2,3)/q;+1;-1. The van der Waals surface area contributed by atoms with Crippen molar-refractivity contribution in [3.8, 4) is 0 Å². The zero-order valence-corrected chi connectivity index (χ0v) is 10.5. The smallest absolute Gasteiger partial charge is 0.439 e. The summed E-state index contributed by atoms with van der Waals surface area (Å²) in [6, 6.07) is -0.0618. The number of benzene rings is 1. The molecule has 0 heterocycles. The van der Waals surface area contributed by atoms with Gasteiger partial charge in [0.2, 0.25) is 5.82 Å². The molecule has 1 aromatic carbocycles. The summed E-state index contributed by atoms with van der Waals surface area (Å²) < 4.78 is 84.1. The predicted molar refractivity (Wildman–Crippen MR) is 37.6 cm³/mol. The quantitative estimate of drug-likeness (QED) is 0.127. The second kappa shape index (κ2) is 7.96. The van der Waals surface area contributed by atoms with E-state index >= 15 is 0 Å². The molecule has 0 amide bonds. The van der Waals surface area contributed by atoms with Crippen molar-refractivity contribution in [2.45, 2.75) is 0 Å². The van der Waals surface area contributed by atoms with Crippen molar-refractivity contribution in [2.24, 2.45) is 0 Å². The van der Waals surface area contributed by atoms with Gasteiger partial charge < -0.3 is 13.0 Å². The summed E-state index contributed by atoms with van der Waals surface area (Å²) in [6.07, 6.45) is 0. The Morgan fingerprint density at radius 2 is 1.12 bits per heavy atom. The molecule has 0 aliphatic carbocycles. The molecule has 0 spiro atoms. The van der Waals surface area contributed by atoms with Crippen LogP contribution in [0.1, 0.15) is 0 Å². The molecule has 0 atom stereocenters. The van der Waals surface area contributed by atoms with E-state index in [4.69, 9.17) is 13.0 Å². The molecule has 0 unspecified atom stereocenters. The maximum Gasteiger partial charge on any atom is 1.00 e. The van der Waals surface area contributed by atoms with Gasteiger partial charge in [-0.25, -0.2) is 22.0 Å². The normalized spacial score (nSPS) is 9.19. The summed E-state index contributed by atoms with van der Waals surface area (Å²) in [7, 11) is -2.86. The third-order valence-electron chi connectivity index (χ3n) is 1.06. The Labute approximate surface area is 110 Å². The Hall–Kier alpha value is -0.220. The zero-order valence-electron chi connectivity index (χ0n) is 7.64. The molecule has 0 fully saturated rings. The molecule has 0 aromatic heterocycles. The Balaban J connectivity index is 0. The fourth-order valence-electron chi connectivity index (χ4n) is 0.544. The first-order chi connectivity index (χ1) is 6.77. The first-order valence-corrected chi connectivity index (χ1v) is 4.07. The van der Waals surface area contributed by atoms with Gasteiger partial charge in [0.1, 0.15) is 0 Å². The first-order valence-electron chi connectivity index (χ1n) is 3.04. The van der Waals surface area contributed by atoms with Gasteiger partial charge in [-0.3, -0.25) is 0 Å². The molecular formula is C6H2F5NaO3S. The summed E-state index contributed by atoms with van der Waals surface area (Å²) in [5.74, 6) is -9.65. The van der Waals surface area contributed by atoms with Crippen LogP contribution in [0.2, 0.25) is 0 Å². The van der Waals surface area contributed by atoms with Crippen LogP contribution in [-0.4, -0.2) is 4.55 Å². The summed E-state index contributed by atoms with van der Waals surface area (Å²) in [6.45, 7) is 0. The predicted octanol–water partition coefficient (Wildman–Crippen LogP) is -0.845. The van der Waals surface area contributed by atoms with Gasteiger partial charge in [-0.15, -0.1) is 0 Å². The molecule has 0 bridgehead atoms. The monoisotopic (exact) mass is 272 g/mol. The Morgan fingerprint density at radius 3 is 1.38 bits per heavy atom. The van der Waals surface area contributed by atoms with Crippen LogP contribution in [0.15, 0.2) is 6.07 Å². The van der Waals surface area contributed by atoms with Gasteiger partial charge in [-0.2, -0.15) is 0 Å². The molecule has 1 N–H and O–H groups in total. The van der Waals surface area contributed by atoms with E-state index in [0.29, 0.717) is 0 Å². The minimum atomic E-state index is -2.86. The van der Waals surface area contributed by atoms with Gasteiger partial charge in [0.25, 0.3) is 0 Å². The largest absolute Gasteiger partial charge is 1.00 e. The maximum atomic E-state index is 12.0. The van der Waals surface area contributed by atoms with Crippen molar-refractivity contribution < 1.29 is 64.5 Å². The summed E-state index contributed by atoms with van der Waals surface area (Å²) in [5.41, 5.74) is 0. The van der Waals surface area contributed by atoms with Crippen LogP contribution in [-0.2, 0) is 19.4 Å². The molecule has 86 valence electrons. The minimum Gasteiger partial charge on any atom is -0.439 e. The Bertz CT molecular complexity index is 402. The molecule has 16 heavy (non-hydrogen) atoms. The fraction of sp³-hybridized carbons (Fsp3) is 0. The van der Waals surface area contributed by atoms with Crippen LogP contribution in [0, 0.1) is 29.1 Å². The number of hydrogen-bond acceptors (Lipinski definition) is 3. The van der Waals surface area contributed by atoms with E-state index in [1.54, 1.807) is 0 Å². The van der Waals surface area contributed by atoms with E-state index in [1.807, 2.05) is 0 Å². The van der Waals surface area contributed by atoms with E-state index in [0.717, 1.165) is 0 Å². The number of hydrogen-bond donors (Lipinski definition) is 1. The third-order valence-corrected chi connectivity index (χ3v) is 1.06. The summed E-state index contributed by atoms with van der Waals surface area (Å²) >= 11 is 0. The van der Waals surface area contributed by atoms with E-state index < -0.39 is 40.1 Å². The average Bonchev–Trinajstić information content (AvgIpc) is 2.11. The van der Waals surface area contributed by atoms with Gasteiger partial charge in [0.05, 0.1) is 0 Å². The van der Waals surface area contributed by atoms with Crippen molar-refractivity contribution >= 4 is 11.0 Å². The SMILES string of the molecule is Fc1cc(F)c(F)c(F)c1F.O=[S-](=O)O.[Na+]. The van der Waals surface area contributed by atoms with Gasteiger partial charge in [0, 0.05) is 17.1 Å². The molecule has 0 saturated carbocycles. The second-order valence-electron chi connectivity index (χ2n) is 2.00. The second-order valence-corrected chi connectivity index (χ2v) is 2.43. The molecule has 1 aromatic rings. The topological polar surface area (TPSA) is 54.4 Å². The van der Waals surface area contributed by atoms with E-state index in [9.17, 15) is 22.0 Å². The fourth-order valence-corrected chi connectivity index (χ4v) is 0.544. The van der Waals surface area contributed by atoms with Gasteiger partial charge in [0.15, 0.2) is 23.3 Å². The van der Waals surface area contributed by atoms with Crippen molar-refractivity contribution in [3.05, 3.63) is 35.2 Å². The summed E-state index contributed by atoms with van der Waals surface area (Å²) in [5, 5.41) is 0. The molecule has 0 radical (unpaired) electrons. The van der Waals surface area contributed by atoms with E-state index in [-0.39, 0.29) is 35.6 Å². The Morgan fingerprint density at radius 1 is 0.875 bits per heavy atom. The van der Waals surface area contributed by atoms with Crippen molar-refractivity contribution in [1.29, 1.82) is 0 Å². The van der Waals surface area contributed by atoms with Gasteiger partial charge in [-0.1, -0.05) is 0 Å². The Kier molecular flexibility index (Phi) is 9.03. The first kappa shape index (κ1) is 18.2. The van der Waals surface area contributed by atoms with Crippen molar-refractivity contribution in [3.63, 3.8) is 0 Å². The zero-order chi connectivity index (χ0) is 12.2. The summed E-state index contributed by atoms with van der Waals surface area (Å²) in [4.78, 5) is 0. The van der Waals surface area contributed by atoms with E-state index in [2.05, 4.69) is 0 Å². The molecule has 10 heteroatoms. The van der Waals surface area contributed by atoms with Crippen molar-refractivity contribution in [2.75, 3.05) is 0 Å². The minimum absolute atomic E-state index is 0. The van der Waals surface area contributed by atoms with Crippen LogP contribution in [0.25, 0.3) is 0 Å². The van der Waals surface area contributed by atoms with E-state index in [1.165, 1.54) is 0 Å². The van der Waals surface area contributed by atoms with Crippen LogP contribution >= 0.6 is 0 Å². The molecule has 0 aliphatic rings. The molecule has 0 aliphatic heterocycles.